The van der Waals surface area contributed by atoms with Gasteiger partial charge in [0, 0.05) is 11.8 Å². The van der Waals surface area contributed by atoms with Gasteiger partial charge in [0.2, 0.25) is 0 Å². The van der Waals surface area contributed by atoms with Gasteiger partial charge in [-0.3, -0.25) is 9.78 Å². The van der Waals surface area contributed by atoms with Crippen molar-refractivity contribution in [2.75, 3.05) is 0 Å². The Morgan fingerprint density at radius 1 is 1.03 bits per heavy atom. The first-order valence-corrected chi connectivity index (χ1v) is 9.82. The van der Waals surface area contributed by atoms with Crippen molar-refractivity contribution in [2.24, 2.45) is 0 Å². The number of nitrogens with zero attached hydrogens (tertiary/aromatic N) is 1. The molecule has 0 aliphatic carbocycles. The first-order chi connectivity index (χ1) is 16.5. The second kappa shape index (κ2) is 10.9. The van der Waals surface area contributed by atoms with Crippen LogP contribution in [-0.2, 0) is 6.18 Å². The zero-order chi connectivity index (χ0) is 27.3. The van der Waals surface area contributed by atoms with Crippen molar-refractivity contribution >= 4 is 5.91 Å². The number of alkyl halides is 9. The molecule has 13 heteroatoms. The molecule has 0 aliphatic rings. The van der Waals surface area contributed by atoms with Crippen LogP contribution in [0.1, 0.15) is 34.6 Å². The molecule has 1 atom stereocenters. The van der Waals surface area contributed by atoms with Gasteiger partial charge >= 0.3 is 18.7 Å². The van der Waals surface area contributed by atoms with Gasteiger partial charge in [-0.25, -0.2) is 0 Å². The monoisotopic (exact) mass is 524 g/mol. The lowest BCUT2D eigenvalue weighted by atomic mass is 9.98. The van der Waals surface area contributed by atoms with Gasteiger partial charge in [0.05, 0.1) is 22.9 Å². The topological polar surface area (TPSA) is 51.2 Å². The van der Waals surface area contributed by atoms with Gasteiger partial charge in [-0.15, -0.1) is 13.2 Å². The highest BCUT2D eigenvalue weighted by atomic mass is 19.4. The molecule has 2 aromatic rings. The van der Waals surface area contributed by atoms with Crippen LogP contribution >= 0.6 is 0 Å². The Hall–Kier alpha value is -3.77. The summed E-state index contributed by atoms with van der Waals surface area (Å²) in [5.41, 5.74) is -4.08. The van der Waals surface area contributed by atoms with Gasteiger partial charge in [-0.1, -0.05) is 30.9 Å². The average molecular weight is 524 g/mol. The summed E-state index contributed by atoms with van der Waals surface area (Å²) in [6.07, 6.45) is -11.8. The van der Waals surface area contributed by atoms with Crippen LogP contribution in [0.2, 0.25) is 0 Å². The number of ether oxygens (including phenoxy) is 1. The van der Waals surface area contributed by atoms with Crippen LogP contribution in [-0.4, -0.2) is 23.4 Å². The number of allylic oxidation sites excluding steroid dienone is 3. The molecule has 36 heavy (non-hydrogen) atoms. The lowest BCUT2D eigenvalue weighted by Gasteiger charge is -2.23. The van der Waals surface area contributed by atoms with Crippen LogP contribution in [0.4, 0.5) is 39.5 Å². The molecule has 0 aliphatic heterocycles. The van der Waals surface area contributed by atoms with E-state index in [1.165, 1.54) is 0 Å². The third-order valence-electron chi connectivity index (χ3n) is 4.51. The fourth-order valence-electron chi connectivity index (χ4n) is 2.92. The minimum absolute atomic E-state index is 0.418. The Morgan fingerprint density at radius 3 is 2.25 bits per heavy atom. The standard InChI is InChI=1S/C23H17F9N2O2/c1-3-15(21(24,25)26)10-9-13(2)18(19-17(22(27,28)29)8-5-11-33-19)34-20(35)14-6-4-7-16(12-14)36-23(30,31)32/h3-12,18H,2H2,1H3,(H,34,35)/b10-9-,15-3+/t18-/m0/s1. The minimum Gasteiger partial charge on any atom is -0.406 e. The average Bonchev–Trinajstić information content (AvgIpc) is 2.75. The molecule has 0 radical (unpaired) electrons. The maximum atomic E-state index is 13.6. The van der Waals surface area contributed by atoms with E-state index < -0.39 is 64.4 Å². The molecular formula is C23H17F9N2O2. The van der Waals surface area contributed by atoms with E-state index in [1.54, 1.807) is 0 Å². The lowest BCUT2D eigenvalue weighted by molar-refractivity contribution is -0.274. The largest absolute Gasteiger partial charge is 0.573 e. The van der Waals surface area contributed by atoms with E-state index in [1.807, 2.05) is 0 Å². The molecule has 0 bridgehead atoms. The highest BCUT2D eigenvalue weighted by molar-refractivity contribution is 5.95. The molecule has 4 nitrogen and oxygen atoms in total. The summed E-state index contributed by atoms with van der Waals surface area (Å²) in [6, 6.07) is 3.46. The third kappa shape index (κ3) is 7.89. The molecule has 1 N–H and O–H groups in total. The number of hydrogen-bond donors (Lipinski definition) is 1. The highest BCUT2D eigenvalue weighted by Gasteiger charge is 2.37. The summed E-state index contributed by atoms with van der Waals surface area (Å²) in [5, 5.41) is 2.14. The van der Waals surface area contributed by atoms with E-state index in [0.717, 1.165) is 43.5 Å². The molecule has 1 aromatic carbocycles. The van der Waals surface area contributed by atoms with E-state index >= 15 is 0 Å². The third-order valence-corrected chi connectivity index (χ3v) is 4.51. The van der Waals surface area contributed by atoms with Crippen molar-refractivity contribution < 1.29 is 49.0 Å². The highest BCUT2D eigenvalue weighted by Crippen LogP contribution is 2.36. The smallest absolute Gasteiger partial charge is 0.406 e. The van der Waals surface area contributed by atoms with Crippen LogP contribution in [0.25, 0.3) is 0 Å². The summed E-state index contributed by atoms with van der Waals surface area (Å²) in [5.74, 6) is -1.94. The van der Waals surface area contributed by atoms with Crippen LogP contribution in [0.5, 0.6) is 5.75 Å². The van der Waals surface area contributed by atoms with E-state index in [-0.39, 0.29) is 0 Å². The molecule has 0 spiro atoms. The molecule has 0 saturated carbocycles. The first kappa shape index (κ1) is 28.5. The summed E-state index contributed by atoms with van der Waals surface area (Å²) >= 11 is 0. The summed E-state index contributed by atoms with van der Waals surface area (Å²) in [4.78, 5) is 16.4. The normalized spacial score (nSPS) is 14.0. The van der Waals surface area contributed by atoms with Crippen LogP contribution in [0.3, 0.4) is 0 Å². The molecule has 1 heterocycles. The Bertz CT molecular complexity index is 1160. The van der Waals surface area contributed by atoms with Gasteiger partial charge in [-0.2, -0.15) is 26.3 Å². The summed E-state index contributed by atoms with van der Waals surface area (Å²) < 4.78 is 121. The zero-order valence-electron chi connectivity index (χ0n) is 18.2. The fourth-order valence-corrected chi connectivity index (χ4v) is 2.92. The molecule has 1 aromatic heterocycles. The molecule has 0 fully saturated rings. The SMILES string of the molecule is C=C(/C=C\C(=C/C)C(F)(F)F)[C@H](NC(=O)c1cccc(OC(F)(F)F)c1)c1ncccc1C(F)(F)F. The quantitative estimate of drug-likeness (QED) is 0.311. The van der Waals surface area contributed by atoms with Crippen molar-refractivity contribution in [1.82, 2.24) is 10.3 Å². The van der Waals surface area contributed by atoms with Crippen LogP contribution in [0.15, 0.2) is 78.5 Å². The second-order valence-corrected chi connectivity index (χ2v) is 7.07. The molecular weight excluding hydrogens is 507 g/mol. The Morgan fingerprint density at radius 2 is 1.69 bits per heavy atom. The second-order valence-electron chi connectivity index (χ2n) is 7.07. The number of pyridine rings is 1. The predicted molar refractivity (Wildman–Crippen MR) is 111 cm³/mol. The van der Waals surface area contributed by atoms with Gasteiger partial charge in [0.1, 0.15) is 5.75 Å². The van der Waals surface area contributed by atoms with E-state index in [0.29, 0.717) is 24.3 Å². The van der Waals surface area contributed by atoms with E-state index in [9.17, 15) is 44.3 Å². The number of aromatic nitrogens is 1. The Balaban J connectivity index is 2.50. The van der Waals surface area contributed by atoms with Crippen LogP contribution < -0.4 is 10.1 Å². The van der Waals surface area contributed by atoms with Crippen molar-refractivity contribution in [3.63, 3.8) is 0 Å². The van der Waals surface area contributed by atoms with Gasteiger partial charge in [-0.05, 0) is 42.8 Å². The van der Waals surface area contributed by atoms with Gasteiger partial charge < -0.3 is 10.1 Å². The Labute approximate surface area is 198 Å². The zero-order valence-corrected chi connectivity index (χ0v) is 18.2. The molecule has 0 saturated heterocycles. The number of halogens is 9. The Kier molecular flexibility index (Phi) is 8.60. The van der Waals surface area contributed by atoms with Crippen molar-refractivity contribution in [3.8, 4) is 5.75 Å². The maximum Gasteiger partial charge on any atom is 0.573 e. The number of carbonyl (C=O) groups is 1. The maximum absolute atomic E-state index is 13.6. The number of carbonyl (C=O) groups excluding carboxylic acids is 1. The van der Waals surface area contributed by atoms with Crippen molar-refractivity contribution in [3.05, 3.63) is 95.4 Å². The van der Waals surface area contributed by atoms with Crippen molar-refractivity contribution in [2.45, 2.75) is 31.7 Å². The first-order valence-electron chi connectivity index (χ1n) is 9.82. The van der Waals surface area contributed by atoms with E-state index in [4.69, 9.17) is 0 Å². The molecule has 0 unspecified atom stereocenters. The van der Waals surface area contributed by atoms with Crippen molar-refractivity contribution in [1.29, 1.82) is 0 Å². The minimum atomic E-state index is -5.07. The number of hydrogen-bond acceptors (Lipinski definition) is 3. The number of benzene rings is 1. The fraction of sp³-hybridized carbons (Fsp3) is 0.217. The van der Waals surface area contributed by atoms with E-state index in [2.05, 4.69) is 21.6 Å². The number of amides is 1. The predicted octanol–water partition coefficient (Wildman–Crippen LogP) is 7.09. The van der Waals surface area contributed by atoms with Gasteiger partial charge in [0.15, 0.2) is 0 Å². The molecule has 2 rings (SSSR count). The van der Waals surface area contributed by atoms with Gasteiger partial charge in [0.25, 0.3) is 5.91 Å². The van der Waals surface area contributed by atoms with Crippen LogP contribution in [0, 0.1) is 0 Å². The molecule has 1 amide bonds. The number of rotatable bonds is 7. The lowest BCUT2D eigenvalue weighted by Crippen LogP contribution is -2.31. The number of nitrogens with one attached hydrogen (secondary N) is 1. The summed E-state index contributed by atoms with van der Waals surface area (Å²) in [7, 11) is 0. The summed E-state index contributed by atoms with van der Waals surface area (Å²) in [6.45, 7) is 4.57. The molecule has 194 valence electrons.